The van der Waals surface area contributed by atoms with E-state index in [0.717, 1.165) is 122 Å². The zero-order valence-corrected chi connectivity index (χ0v) is 35.8. The van der Waals surface area contributed by atoms with Gasteiger partial charge in [-0.1, -0.05) is 29.8 Å². The number of anilines is 4. The van der Waals surface area contributed by atoms with Crippen molar-refractivity contribution in [3.63, 3.8) is 0 Å². The van der Waals surface area contributed by atoms with Crippen LogP contribution in [-0.4, -0.2) is 110 Å². The number of fused-ring (bicyclic) bond motifs is 4. The maximum Gasteiger partial charge on any atom is 0.262 e. The molecular weight excluding hydrogens is 807 g/mol. The maximum atomic E-state index is 14.5. The van der Waals surface area contributed by atoms with E-state index in [1.807, 2.05) is 44.2 Å². The predicted molar refractivity (Wildman–Crippen MR) is 244 cm³/mol. The molecule has 12 nitrogen and oxygen atoms in total. The van der Waals surface area contributed by atoms with E-state index in [2.05, 4.69) is 82.7 Å². The van der Waals surface area contributed by atoms with Crippen LogP contribution in [0.25, 0.3) is 21.8 Å². The van der Waals surface area contributed by atoms with Crippen LogP contribution in [0, 0.1) is 19.7 Å². The van der Waals surface area contributed by atoms with Crippen LogP contribution in [0.4, 0.5) is 27.1 Å². The van der Waals surface area contributed by atoms with Gasteiger partial charge in [-0.05, 0) is 98.5 Å². The minimum absolute atomic E-state index is 0.0757. The average Bonchev–Trinajstić information content (AvgIpc) is 3.27. The molecule has 0 aliphatic carbocycles. The van der Waals surface area contributed by atoms with Gasteiger partial charge in [-0.15, -0.1) is 0 Å². The molecule has 0 atom stereocenters. The second kappa shape index (κ2) is 18.1. The maximum absolute atomic E-state index is 14.5. The molecule has 2 fully saturated rings. The number of carbonyl (C=O) groups excluding carboxylic acids is 2. The predicted octanol–water partition coefficient (Wildman–Crippen LogP) is 7.27. The monoisotopic (exact) mass is 856 g/mol. The van der Waals surface area contributed by atoms with Crippen LogP contribution in [0.1, 0.15) is 22.5 Å². The van der Waals surface area contributed by atoms with E-state index in [1.165, 1.54) is 17.1 Å². The number of ether oxygens (including phenoxy) is 2. The molecule has 6 aromatic rings. The number of nitrogens with zero attached hydrogens (tertiary/aromatic N) is 6. The Labute approximate surface area is 365 Å². The van der Waals surface area contributed by atoms with E-state index < -0.39 is 0 Å². The Hall–Kier alpha value is -6.02. The lowest BCUT2D eigenvalue weighted by Gasteiger charge is -2.36. The van der Waals surface area contributed by atoms with E-state index in [1.54, 1.807) is 6.07 Å². The van der Waals surface area contributed by atoms with Gasteiger partial charge < -0.3 is 29.9 Å². The van der Waals surface area contributed by atoms with Crippen LogP contribution in [0.15, 0.2) is 84.9 Å². The zero-order chi connectivity index (χ0) is 42.7. The quantitative estimate of drug-likeness (QED) is 0.162. The van der Waals surface area contributed by atoms with Crippen molar-refractivity contribution in [3.05, 3.63) is 118 Å². The van der Waals surface area contributed by atoms with E-state index in [9.17, 15) is 14.0 Å². The Morgan fingerprint density at radius 2 is 1.23 bits per heavy atom. The van der Waals surface area contributed by atoms with Gasteiger partial charge >= 0.3 is 0 Å². The summed E-state index contributed by atoms with van der Waals surface area (Å²) in [4.78, 5) is 42.0. The van der Waals surface area contributed by atoms with Crippen LogP contribution in [0.3, 0.4) is 0 Å². The molecule has 0 unspecified atom stereocenters. The van der Waals surface area contributed by atoms with E-state index in [4.69, 9.17) is 21.1 Å². The molecule has 2 aromatic heterocycles. The summed E-state index contributed by atoms with van der Waals surface area (Å²) < 4.78 is 25.5. The van der Waals surface area contributed by atoms with Crippen LogP contribution in [-0.2, 0) is 22.4 Å². The van der Waals surface area contributed by atoms with Crippen molar-refractivity contribution in [2.24, 2.45) is 0 Å². The van der Waals surface area contributed by atoms with Crippen LogP contribution >= 0.6 is 11.6 Å². The van der Waals surface area contributed by atoms with Gasteiger partial charge in [-0.3, -0.25) is 29.4 Å². The number of halogens is 2. The molecule has 2 saturated heterocycles. The van der Waals surface area contributed by atoms with E-state index in [0.29, 0.717) is 28.4 Å². The minimum Gasteiger partial charge on any atom is -0.481 e. The van der Waals surface area contributed by atoms with Crippen molar-refractivity contribution in [2.45, 2.75) is 26.7 Å². The Kier molecular flexibility index (Phi) is 12.1. The summed E-state index contributed by atoms with van der Waals surface area (Å²) in [7, 11) is 0. The van der Waals surface area contributed by atoms with Crippen molar-refractivity contribution in [1.82, 2.24) is 19.8 Å². The van der Waals surface area contributed by atoms with Crippen LogP contribution < -0.4 is 29.9 Å². The highest BCUT2D eigenvalue weighted by Crippen LogP contribution is 2.34. The van der Waals surface area contributed by atoms with Gasteiger partial charge in [0.25, 0.3) is 11.8 Å². The lowest BCUT2D eigenvalue weighted by atomic mass is 10.1. The Bertz CT molecular complexity index is 2640. The van der Waals surface area contributed by atoms with Gasteiger partial charge in [0.15, 0.2) is 13.2 Å². The summed E-state index contributed by atoms with van der Waals surface area (Å²) in [5, 5.41) is 8.66. The molecule has 62 heavy (non-hydrogen) atoms. The number of amides is 2. The molecule has 0 bridgehead atoms. The summed E-state index contributed by atoms with van der Waals surface area (Å²) >= 11 is 6.37. The number of aromatic nitrogens is 2. The number of pyridine rings is 2. The van der Waals surface area contributed by atoms with Crippen LogP contribution in [0.5, 0.6) is 11.5 Å². The molecule has 320 valence electrons. The number of piperazine rings is 2. The molecule has 6 heterocycles. The van der Waals surface area contributed by atoms with E-state index in [-0.39, 0.29) is 30.8 Å². The molecule has 0 saturated carbocycles. The molecule has 0 radical (unpaired) electrons. The largest absolute Gasteiger partial charge is 0.481 e. The first-order chi connectivity index (χ1) is 30.1. The molecule has 2 N–H and O–H groups in total. The molecule has 4 aliphatic heterocycles. The molecule has 14 heteroatoms. The zero-order valence-electron chi connectivity index (χ0n) is 35.1. The Balaban J connectivity index is 0.000000158. The third kappa shape index (κ3) is 9.25. The molecule has 4 aromatic carbocycles. The van der Waals surface area contributed by atoms with Crippen molar-refractivity contribution in [1.29, 1.82) is 0 Å². The Morgan fingerprint density at radius 1 is 0.629 bits per heavy atom. The van der Waals surface area contributed by atoms with Gasteiger partial charge in [0.1, 0.15) is 17.3 Å². The smallest absolute Gasteiger partial charge is 0.262 e. The van der Waals surface area contributed by atoms with E-state index >= 15 is 0 Å². The fourth-order valence-electron chi connectivity index (χ4n) is 8.76. The van der Waals surface area contributed by atoms with Gasteiger partial charge in [-0.2, -0.15) is 0 Å². The highest BCUT2D eigenvalue weighted by atomic mass is 35.5. The molecule has 10 rings (SSSR count). The number of carbonyl (C=O) groups is 2. The molecule has 0 spiro atoms. The highest BCUT2D eigenvalue weighted by molar-refractivity contribution is 6.31. The summed E-state index contributed by atoms with van der Waals surface area (Å²) in [5.74, 6) is 0.610. The first-order valence-electron chi connectivity index (χ1n) is 21.3. The standard InChI is InChI=1S/C24H24ClFN4O2.C24H26N4O2/c1-15-2-3-18-20(27-15)11-17(25)12-22(18)30-8-6-29(7-9-30)5-4-16-10-21-23(13-19(16)26)32-14-24(31)28-21;1-17-8-9-19-20(25-17)5-3-7-22(19)28-14-12-27(13-15-28)11-10-18-4-2-6-21-24(18)30-16-23(29)26-21/h2-3,10-13H,4-9,14H2,1H3,(H,28,31);2-9H,10-16H2,1H3,(H,26,29). The molecule has 2 amide bonds. The fraction of sp³-hybridized carbons (Fsp3) is 0.333. The van der Waals surface area contributed by atoms with Gasteiger partial charge in [-0.25, -0.2) is 4.39 Å². The average molecular weight is 857 g/mol. The summed E-state index contributed by atoms with van der Waals surface area (Å²) in [6, 6.07) is 27.8. The summed E-state index contributed by atoms with van der Waals surface area (Å²) in [6.07, 6.45) is 1.48. The number of benzene rings is 4. The second-order valence-corrected chi connectivity index (χ2v) is 16.7. The number of nitrogens with one attached hydrogen (secondary N) is 2. The first-order valence-corrected chi connectivity index (χ1v) is 21.7. The molecular formula is C48H50ClFN8O4. The van der Waals surface area contributed by atoms with Crippen molar-refractivity contribution in [2.75, 3.05) is 99.1 Å². The van der Waals surface area contributed by atoms with Gasteiger partial charge in [0, 0.05) is 110 Å². The SMILES string of the molecule is Cc1ccc2c(N3CCN(CCc4cc5c(cc4F)OCC(=O)N5)CC3)cc(Cl)cc2n1.Cc1ccc2c(N3CCN(CCc4cccc5c4OCC(=O)N5)CC3)cccc2n1. The number of aryl methyl sites for hydroxylation is 2. The third-order valence-electron chi connectivity index (χ3n) is 12.1. The highest BCUT2D eigenvalue weighted by Gasteiger charge is 2.24. The normalized spacial score (nSPS) is 16.7. The first kappa shape index (κ1) is 41.3. The number of rotatable bonds is 8. The lowest BCUT2D eigenvalue weighted by molar-refractivity contribution is -0.119. The summed E-state index contributed by atoms with van der Waals surface area (Å²) in [5.41, 5.74) is 9.45. The Morgan fingerprint density at radius 3 is 1.94 bits per heavy atom. The summed E-state index contributed by atoms with van der Waals surface area (Å²) in [6.45, 7) is 13.3. The molecule has 4 aliphatic rings. The van der Waals surface area contributed by atoms with Gasteiger partial charge in [0.2, 0.25) is 0 Å². The number of para-hydroxylation sites is 1. The van der Waals surface area contributed by atoms with Crippen molar-refractivity contribution >= 4 is 68.0 Å². The topological polar surface area (TPSA) is 115 Å². The number of hydrogen-bond acceptors (Lipinski definition) is 10. The third-order valence-corrected chi connectivity index (χ3v) is 12.3. The second-order valence-electron chi connectivity index (χ2n) is 16.3. The number of hydrogen-bond donors (Lipinski definition) is 2. The van der Waals surface area contributed by atoms with Crippen molar-refractivity contribution in [3.8, 4) is 11.5 Å². The lowest BCUT2D eigenvalue weighted by Crippen LogP contribution is -2.47. The van der Waals surface area contributed by atoms with Crippen LogP contribution in [0.2, 0.25) is 5.02 Å². The minimum atomic E-state index is -0.299. The van der Waals surface area contributed by atoms with Crippen molar-refractivity contribution < 1.29 is 23.5 Å². The van der Waals surface area contributed by atoms with Gasteiger partial charge in [0.05, 0.1) is 22.4 Å². The fourth-order valence-corrected chi connectivity index (χ4v) is 8.96.